The van der Waals surface area contributed by atoms with Crippen LogP contribution in [-0.4, -0.2) is 77.5 Å². The van der Waals surface area contributed by atoms with E-state index < -0.39 is 92.8 Å². The summed E-state index contributed by atoms with van der Waals surface area (Å²) in [7, 11) is -11.1. The number of carbonyl (C=O) groups is 2. The molecule has 0 aromatic heterocycles. The smallest absolute Gasteiger partial charge is 0.445 e. The Labute approximate surface area is 302 Å². The van der Waals surface area contributed by atoms with Gasteiger partial charge in [-0.15, -0.1) is 0 Å². The number of halogens is 13. The summed E-state index contributed by atoms with van der Waals surface area (Å²) < 4.78 is 248. The van der Waals surface area contributed by atoms with E-state index in [2.05, 4.69) is 17.8 Å². The summed E-state index contributed by atoms with van der Waals surface area (Å²) in [6.45, 7) is 5.33. The maximum absolute atomic E-state index is 15.1. The standard InChI is InChI=1S/C28H27F13N2O10S2/c1-12-7-14(3)19(15(4)8-12)52-54(46,47)42-21(44)50-11-18(51-22(45)43-55(48,49)53-20-16(5)9-13(2)10-17(20)6)23(29,30)24(31,32)25(33,34)26(35,36)27(37,38)28(39,40)41/h7-10,18H,11H2,1-6H3,(H,42,44)(H,43,45). The second-order valence-corrected chi connectivity index (χ2v) is 14.2. The van der Waals surface area contributed by atoms with Crippen molar-refractivity contribution in [2.75, 3.05) is 6.61 Å². The fourth-order valence-electron chi connectivity index (χ4n) is 4.59. The Balaban J connectivity index is 2.53. The van der Waals surface area contributed by atoms with Gasteiger partial charge in [0.25, 0.3) is 0 Å². The summed E-state index contributed by atoms with van der Waals surface area (Å²) in [5, 5.41) is 0. The van der Waals surface area contributed by atoms with Gasteiger partial charge in [-0.05, 0) is 63.8 Å². The van der Waals surface area contributed by atoms with Gasteiger partial charge in [-0.2, -0.15) is 83.4 Å². The highest BCUT2D eigenvalue weighted by Crippen LogP contribution is 2.61. The van der Waals surface area contributed by atoms with E-state index in [0.717, 1.165) is 4.72 Å². The van der Waals surface area contributed by atoms with E-state index in [1.165, 1.54) is 58.9 Å². The minimum atomic E-state index is -8.43. The van der Waals surface area contributed by atoms with Gasteiger partial charge in [-0.25, -0.2) is 9.59 Å². The lowest BCUT2D eigenvalue weighted by atomic mass is 9.91. The van der Waals surface area contributed by atoms with Gasteiger partial charge in [0.2, 0.25) is 6.10 Å². The molecular weight excluding hydrogens is 835 g/mol. The first kappa shape index (κ1) is 46.7. The molecule has 0 aliphatic heterocycles. The number of alkyl halides is 13. The van der Waals surface area contributed by atoms with Crippen LogP contribution < -0.4 is 17.8 Å². The topological polar surface area (TPSA) is 163 Å². The summed E-state index contributed by atoms with van der Waals surface area (Å²) in [6, 6.07) is 5.35. The van der Waals surface area contributed by atoms with E-state index in [4.69, 9.17) is 0 Å². The normalized spacial score (nSPS) is 14.2. The van der Waals surface area contributed by atoms with Crippen LogP contribution in [-0.2, 0) is 30.1 Å². The van der Waals surface area contributed by atoms with E-state index in [1.807, 2.05) is 0 Å². The number of amides is 2. The van der Waals surface area contributed by atoms with Crippen LogP contribution in [0, 0.1) is 41.5 Å². The maximum Gasteiger partial charge on any atom is 0.460 e. The van der Waals surface area contributed by atoms with Crippen LogP contribution >= 0.6 is 0 Å². The highest BCUT2D eigenvalue weighted by molar-refractivity contribution is 7.85. The maximum atomic E-state index is 15.1. The lowest BCUT2D eigenvalue weighted by Crippen LogP contribution is -2.72. The Morgan fingerprint density at radius 3 is 1.24 bits per heavy atom. The average Bonchev–Trinajstić information content (AvgIpc) is 2.97. The summed E-state index contributed by atoms with van der Waals surface area (Å²) >= 11 is 0. The van der Waals surface area contributed by atoms with Crippen molar-refractivity contribution in [2.45, 2.75) is 83.4 Å². The molecule has 0 fully saturated rings. The van der Waals surface area contributed by atoms with Crippen molar-refractivity contribution < 1.29 is 101 Å². The van der Waals surface area contributed by atoms with Crippen LogP contribution in [0.4, 0.5) is 66.7 Å². The molecule has 0 aliphatic rings. The van der Waals surface area contributed by atoms with Gasteiger partial charge >= 0.3 is 68.6 Å². The Kier molecular flexibility index (Phi) is 13.0. The molecule has 2 amide bonds. The van der Waals surface area contributed by atoms with Crippen LogP contribution in [0.5, 0.6) is 11.5 Å². The summed E-state index contributed by atoms with van der Waals surface area (Å²) in [5.41, 5.74) is 1.38. The first-order valence-electron chi connectivity index (χ1n) is 14.4. The van der Waals surface area contributed by atoms with Crippen LogP contribution in [0.15, 0.2) is 24.3 Å². The van der Waals surface area contributed by atoms with Gasteiger partial charge in [0.15, 0.2) is 0 Å². The van der Waals surface area contributed by atoms with Gasteiger partial charge in [-0.3, -0.25) is 0 Å². The summed E-state index contributed by atoms with van der Waals surface area (Å²) in [6.07, 6.45) is -18.0. The molecular formula is C28H27F13N2O10S2. The van der Waals surface area contributed by atoms with E-state index >= 15 is 8.78 Å². The number of nitrogens with one attached hydrogen (secondary N) is 2. The zero-order valence-electron chi connectivity index (χ0n) is 28.4. The molecule has 1 unspecified atom stereocenters. The van der Waals surface area contributed by atoms with Crippen molar-refractivity contribution in [1.82, 2.24) is 9.44 Å². The van der Waals surface area contributed by atoms with E-state index in [1.54, 1.807) is 6.92 Å². The monoisotopic (exact) mass is 862 g/mol. The highest BCUT2D eigenvalue weighted by atomic mass is 32.2. The number of ether oxygens (including phenoxy) is 2. The first-order valence-corrected chi connectivity index (χ1v) is 17.2. The molecule has 0 bridgehead atoms. The van der Waals surface area contributed by atoms with Crippen molar-refractivity contribution >= 4 is 32.8 Å². The molecule has 55 heavy (non-hydrogen) atoms. The number of hydrogen-bond acceptors (Lipinski definition) is 10. The number of hydrogen-bond donors (Lipinski definition) is 2. The zero-order chi connectivity index (χ0) is 43.1. The Morgan fingerprint density at radius 1 is 0.564 bits per heavy atom. The minimum absolute atomic E-state index is 0.0326. The molecule has 0 heterocycles. The molecule has 2 rings (SSSR count). The second-order valence-electron chi connectivity index (χ2n) is 11.6. The molecule has 0 aliphatic carbocycles. The molecule has 0 saturated heterocycles. The molecule has 0 radical (unpaired) electrons. The largest absolute Gasteiger partial charge is 0.460 e. The van der Waals surface area contributed by atoms with Crippen LogP contribution in [0.2, 0.25) is 0 Å². The molecule has 2 aromatic rings. The third-order valence-corrected chi connectivity index (χ3v) is 8.59. The number of carbonyl (C=O) groups excluding carboxylic acids is 2. The molecule has 2 N–H and O–H groups in total. The van der Waals surface area contributed by atoms with E-state index in [-0.39, 0.29) is 22.3 Å². The van der Waals surface area contributed by atoms with Crippen molar-refractivity contribution in [3.05, 3.63) is 57.6 Å². The third kappa shape index (κ3) is 9.69. The van der Waals surface area contributed by atoms with Crippen molar-refractivity contribution in [3.63, 3.8) is 0 Å². The van der Waals surface area contributed by atoms with Gasteiger partial charge in [0, 0.05) is 0 Å². The van der Waals surface area contributed by atoms with Crippen molar-refractivity contribution in [2.24, 2.45) is 0 Å². The molecule has 0 spiro atoms. The quantitative estimate of drug-likeness (QED) is 0.188. The Hall–Kier alpha value is -4.43. The highest BCUT2D eigenvalue weighted by Gasteiger charge is 2.91. The second kappa shape index (κ2) is 15.2. The predicted molar refractivity (Wildman–Crippen MR) is 159 cm³/mol. The zero-order valence-corrected chi connectivity index (χ0v) is 30.0. The molecule has 1 atom stereocenters. The molecule has 27 heteroatoms. The predicted octanol–water partition coefficient (Wildman–Crippen LogP) is 7.04. The summed E-state index contributed by atoms with van der Waals surface area (Å²) in [5.74, 6) is -41.5. The van der Waals surface area contributed by atoms with Crippen LogP contribution in [0.3, 0.4) is 0 Å². The van der Waals surface area contributed by atoms with Gasteiger partial charge < -0.3 is 17.8 Å². The fourth-order valence-corrected chi connectivity index (χ4v) is 6.16. The van der Waals surface area contributed by atoms with Crippen LogP contribution in [0.1, 0.15) is 33.4 Å². The van der Waals surface area contributed by atoms with E-state index in [9.17, 15) is 74.7 Å². The molecule has 2 aromatic carbocycles. The van der Waals surface area contributed by atoms with Crippen molar-refractivity contribution in [3.8, 4) is 11.5 Å². The van der Waals surface area contributed by atoms with Crippen LogP contribution in [0.25, 0.3) is 0 Å². The Bertz CT molecular complexity index is 1980. The lowest BCUT2D eigenvalue weighted by molar-refractivity contribution is -0.444. The molecule has 312 valence electrons. The SMILES string of the molecule is Cc1cc(C)c(OS(=O)(=O)NC(=O)OCC(OC(=O)NS(=O)(=O)Oc2c(C)cc(C)cc2C)C(F)(F)C(F)(F)C(F)(F)C(F)(F)C(F)(F)C(F)(F)F)c(C)c1. The lowest BCUT2D eigenvalue weighted by Gasteiger charge is -2.41. The average molecular weight is 863 g/mol. The minimum Gasteiger partial charge on any atom is -0.445 e. The third-order valence-electron chi connectivity index (χ3n) is 6.99. The first-order chi connectivity index (χ1) is 24.4. The van der Waals surface area contributed by atoms with E-state index in [0.29, 0.717) is 15.8 Å². The number of benzene rings is 2. The number of aryl methyl sites for hydroxylation is 6. The van der Waals surface area contributed by atoms with Gasteiger partial charge in [-0.1, -0.05) is 35.4 Å². The number of rotatable bonds is 14. The summed E-state index contributed by atoms with van der Waals surface area (Å²) in [4.78, 5) is 24.5. The van der Waals surface area contributed by atoms with Crippen molar-refractivity contribution in [1.29, 1.82) is 0 Å². The Morgan fingerprint density at radius 2 is 0.891 bits per heavy atom. The molecule has 0 saturated carbocycles. The van der Waals surface area contributed by atoms with Gasteiger partial charge in [0.1, 0.15) is 18.1 Å². The fraction of sp³-hybridized carbons (Fsp3) is 0.500. The van der Waals surface area contributed by atoms with Gasteiger partial charge in [0.05, 0.1) is 0 Å². The molecule has 12 nitrogen and oxygen atoms in total.